The van der Waals surface area contributed by atoms with Crippen LogP contribution in [-0.4, -0.2) is 0 Å². The minimum Gasteiger partial charge on any atom is -0.399 e. The normalized spacial score (nSPS) is 12.9. The van der Waals surface area contributed by atoms with E-state index in [1.54, 1.807) is 0 Å². The Balaban J connectivity index is 3.27. The molecule has 0 amide bonds. The second-order valence-corrected chi connectivity index (χ2v) is 4.02. The third-order valence-corrected chi connectivity index (χ3v) is 3.13. The maximum Gasteiger partial charge on any atom is 0.0346 e. The standard InChI is InChI=1S/C13H21N/c1-5-9(3)13-10(4)12(14)8-7-11(13)6-2/h7-9H,5-6,14H2,1-4H3. The van der Waals surface area contributed by atoms with Crippen LogP contribution < -0.4 is 5.73 Å². The molecule has 1 nitrogen and oxygen atoms in total. The number of anilines is 1. The molecule has 78 valence electrons. The molecule has 1 atom stereocenters. The Kier molecular flexibility index (Phi) is 3.56. The summed E-state index contributed by atoms with van der Waals surface area (Å²) in [7, 11) is 0. The van der Waals surface area contributed by atoms with Crippen LogP contribution in [0.2, 0.25) is 0 Å². The molecular weight excluding hydrogens is 170 g/mol. The summed E-state index contributed by atoms with van der Waals surface area (Å²) >= 11 is 0. The molecule has 0 fully saturated rings. The number of aryl methyl sites for hydroxylation is 1. The van der Waals surface area contributed by atoms with Crippen molar-refractivity contribution in [3.8, 4) is 0 Å². The van der Waals surface area contributed by atoms with E-state index in [0.29, 0.717) is 5.92 Å². The van der Waals surface area contributed by atoms with Crippen LogP contribution in [0.25, 0.3) is 0 Å². The van der Waals surface area contributed by atoms with Gasteiger partial charge in [-0.3, -0.25) is 0 Å². The molecule has 0 aliphatic carbocycles. The molecule has 0 spiro atoms. The highest BCUT2D eigenvalue weighted by Crippen LogP contribution is 2.29. The molecule has 1 rings (SSSR count). The Morgan fingerprint density at radius 3 is 2.43 bits per heavy atom. The summed E-state index contributed by atoms with van der Waals surface area (Å²) in [6, 6.07) is 4.20. The van der Waals surface area contributed by atoms with E-state index >= 15 is 0 Å². The van der Waals surface area contributed by atoms with Gasteiger partial charge in [-0.15, -0.1) is 0 Å². The maximum absolute atomic E-state index is 5.94. The SMILES string of the molecule is CCc1ccc(N)c(C)c1C(C)CC. The molecule has 2 N–H and O–H groups in total. The van der Waals surface area contributed by atoms with Gasteiger partial charge in [-0.05, 0) is 48.4 Å². The van der Waals surface area contributed by atoms with Gasteiger partial charge in [0.15, 0.2) is 0 Å². The lowest BCUT2D eigenvalue weighted by Crippen LogP contribution is -2.04. The van der Waals surface area contributed by atoms with E-state index in [4.69, 9.17) is 5.73 Å². The molecule has 0 aliphatic heterocycles. The molecule has 1 aromatic carbocycles. The first-order valence-corrected chi connectivity index (χ1v) is 5.49. The molecule has 1 unspecified atom stereocenters. The predicted molar refractivity (Wildman–Crippen MR) is 63.7 cm³/mol. The van der Waals surface area contributed by atoms with Gasteiger partial charge < -0.3 is 5.73 Å². The molecule has 0 saturated carbocycles. The number of nitrogens with two attached hydrogens (primary N) is 1. The second kappa shape index (κ2) is 4.50. The number of benzene rings is 1. The fraction of sp³-hybridized carbons (Fsp3) is 0.538. The average molecular weight is 191 g/mol. The van der Waals surface area contributed by atoms with Gasteiger partial charge in [-0.25, -0.2) is 0 Å². The van der Waals surface area contributed by atoms with Gasteiger partial charge in [0.2, 0.25) is 0 Å². The maximum atomic E-state index is 5.94. The Morgan fingerprint density at radius 2 is 1.93 bits per heavy atom. The molecule has 0 bridgehead atoms. The van der Waals surface area contributed by atoms with Crippen molar-refractivity contribution in [1.29, 1.82) is 0 Å². The molecule has 1 aromatic rings. The van der Waals surface area contributed by atoms with Gasteiger partial charge >= 0.3 is 0 Å². The van der Waals surface area contributed by atoms with Crippen LogP contribution in [0.1, 0.15) is 49.8 Å². The minimum absolute atomic E-state index is 0.619. The third-order valence-electron chi connectivity index (χ3n) is 3.13. The second-order valence-electron chi connectivity index (χ2n) is 4.02. The van der Waals surface area contributed by atoms with E-state index in [2.05, 4.69) is 33.8 Å². The molecule has 0 radical (unpaired) electrons. The van der Waals surface area contributed by atoms with Crippen LogP contribution in [0.15, 0.2) is 12.1 Å². The summed E-state index contributed by atoms with van der Waals surface area (Å²) in [5.74, 6) is 0.619. The lowest BCUT2D eigenvalue weighted by molar-refractivity contribution is 0.718. The van der Waals surface area contributed by atoms with E-state index < -0.39 is 0 Å². The molecule has 0 aromatic heterocycles. The first-order valence-electron chi connectivity index (χ1n) is 5.49. The van der Waals surface area contributed by atoms with Gasteiger partial charge in [0.05, 0.1) is 0 Å². The molecule has 0 heterocycles. The summed E-state index contributed by atoms with van der Waals surface area (Å²) < 4.78 is 0. The van der Waals surface area contributed by atoms with Crippen LogP contribution in [0.3, 0.4) is 0 Å². The van der Waals surface area contributed by atoms with Gasteiger partial charge in [-0.2, -0.15) is 0 Å². The lowest BCUT2D eigenvalue weighted by atomic mass is 9.88. The van der Waals surface area contributed by atoms with Crippen LogP contribution >= 0.6 is 0 Å². The number of hydrogen-bond acceptors (Lipinski definition) is 1. The predicted octanol–water partition coefficient (Wildman–Crippen LogP) is 3.65. The van der Waals surface area contributed by atoms with Crippen molar-refractivity contribution in [2.45, 2.75) is 46.5 Å². The van der Waals surface area contributed by atoms with Crippen LogP contribution in [0.5, 0.6) is 0 Å². The van der Waals surface area contributed by atoms with E-state index in [1.165, 1.54) is 23.1 Å². The van der Waals surface area contributed by atoms with Crippen molar-refractivity contribution in [2.24, 2.45) is 0 Å². The largest absolute Gasteiger partial charge is 0.399 e. The summed E-state index contributed by atoms with van der Waals surface area (Å²) in [5.41, 5.74) is 11.1. The summed E-state index contributed by atoms with van der Waals surface area (Å²) in [6.07, 6.45) is 2.28. The zero-order chi connectivity index (χ0) is 10.7. The van der Waals surface area contributed by atoms with Crippen LogP contribution in [0, 0.1) is 6.92 Å². The molecule has 0 aliphatic rings. The highest BCUT2D eigenvalue weighted by atomic mass is 14.6. The highest BCUT2D eigenvalue weighted by Gasteiger charge is 2.12. The van der Waals surface area contributed by atoms with E-state index in [0.717, 1.165) is 12.1 Å². The van der Waals surface area contributed by atoms with Gasteiger partial charge in [0, 0.05) is 5.69 Å². The average Bonchev–Trinajstić information content (AvgIpc) is 2.20. The fourth-order valence-corrected chi connectivity index (χ4v) is 2.00. The van der Waals surface area contributed by atoms with Crippen LogP contribution in [-0.2, 0) is 6.42 Å². The first kappa shape index (κ1) is 11.1. The summed E-state index contributed by atoms with van der Waals surface area (Å²) in [4.78, 5) is 0. The molecule has 0 saturated heterocycles. The highest BCUT2D eigenvalue weighted by molar-refractivity contribution is 5.54. The van der Waals surface area contributed by atoms with Crippen molar-refractivity contribution >= 4 is 5.69 Å². The zero-order valence-electron chi connectivity index (χ0n) is 9.72. The Labute approximate surface area is 87.3 Å². The molecular formula is C13H21N. The van der Waals surface area contributed by atoms with Gasteiger partial charge in [0.25, 0.3) is 0 Å². The van der Waals surface area contributed by atoms with E-state index in [-0.39, 0.29) is 0 Å². The third kappa shape index (κ3) is 1.92. The van der Waals surface area contributed by atoms with Crippen molar-refractivity contribution < 1.29 is 0 Å². The Morgan fingerprint density at radius 1 is 1.29 bits per heavy atom. The van der Waals surface area contributed by atoms with Crippen molar-refractivity contribution in [3.05, 3.63) is 28.8 Å². The fourth-order valence-electron chi connectivity index (χ4n) is 2.00. The topological polar surface area (TPSA) is 26.0 Å². The molecule has 14 heavy (non-hydrogen) atoms. The lowest BCUT2D eigenvalue weighted by Gasteiger charge is -2.18. The van der Waals surface area contributed by atoms with E-state index in [9.17, 15) is 0 Å². The van der Waals surface area contributed by atoms with Crippen molar-refractivity contribution in [2.75, 3.05) is 5.73 Å². The van der Waals surface area contributed by atoms with Gasteiger partial charge in [-0.1, -0.05) is 26.8 Å². The number of nitrogen functional groups attached to an aromatic ring is 1. The van der Waals surface area contributed by atoms with Gasteiger partial charge in [0.1, 0.15) is 0 Å². The smallest absolute Gasteiger partial charge is 0.0346 e. The summed E-state index contributed by atoms with van der Waals surface area (Å²) in [6.45, 7) is 8.85. The zero-order valence-corrected chi connectivity index (χ0v) is 9.72. The summed E-state index contributed by atoms with van der Waals surface area (Å²) in [5, 5.41) is 0. The monoisotopic (exact) mass is 191 g/mol. The molecule has 1 heteroatoms. The number of rotatable bonds is 3. The Hall–Kier alpha value is -0.980. The minimum atomic E-state index is 0.619. The van der Waals surface area contributed by atoms with E-state index in [1.807, 2.05) is 6.07 Å². The first-order chi connectivity index (χ1) is 6.61. The Bertz CT molecular complexity index is 315. The van der Waals surface area contributed by atoms with Crippen LogP contribution in [0.4, 0.5) is 5.69 Å². The van der Waals surface area contributed by atoms with Crippen molar-refractivity contribution in [3.63, 3.8) is 0 Å². The quantitative estimate of drug-likeness (QED) is 0.725. The number of hydrogen-bond donors (Lipinski definition) is 1. The van der Waals surface area contributed by atoms with Crippen molar-refractivity contribution in [1.82, 2.24) is 0 Å².